The lowest BCUT2D eigenvalue weighted by Gasteiger charge is -2.11. The number of hydrogen-bond donors (Lipinski definition) is 2. The molecule has 0 aliphatic carbocycles. The standard InChI is InChI=1S/C12H26O3/c1-2-3-11-15-12(14)9-7-5-4-6-8-10-13/h12-14H,2-11H2,1H3. The van der Waals surface area contributed by atoms with Gasteiger partial charge in [-0.1, -0.05) is 32.6 Å². The second-order valence-corrected chi connectivity index (χ2v) is 3.96. The van der Waals surface area contributed by atoms with E-state index in [4.69, 9.17) is 9.84 Å². The van der Waals surface area contributed by atoms with Gasteiger partial charge in [0.25, 0.3) is 0 Å². The molecule has 15 heavy (non-hydrogen) atoms. The van der Waals surface area contributed by atoms with Crippen molar-refractivity contribution in [2.45, 2.75) is 64.6 Å². The van der Waals surface area contributed by atoms with Crippen molar-refractivity contribution in [2.75, 3.05) is 13.2 Å². The molecule has 92 valence electrons. The summed E-state index contributed by atoms with van der Waals surface area (Å²) in [5.41, 5.74) is 0. The van der Waals surface area contributed by atoms with E-state index < -0.39 is 6.29 Å². The topological polar surface area (TPSA) is 49.7 Å². The lowest BCUT2D eigenvalue weighted by atomic mass is 10.1. The van der Waals surface area contributed by atoms with E-state index in [0.29, 0.717) is 13.2 Å². The van der Waals surface area contributed by atoms with E-state index in [9.17, 15) is 5.11 Å². The van der Waals surface area contributed by atoms with E-state index in [2.05, 4.69) is 6.92 Å². The minimum atomic E-state index is -0.575. The van der Waals surface area contributed by atoms with Gasteiger partial charge in [-0.3, -0.25) is 0 Å². The van der Waals surface area contributed by atoms with E-state index in [1.165, 1.54) is 0 Å². The van der Waals surface area contributed by atoms with Crippen LogP contribution in [-0.4, -0.2) is 29.7 Å². The fraction of sp³-hybridized carbons (Fsp3) is 1.00. The first-order chi connectivity index (χ1) is 7.31. The summed E-state index contributed by atoms with van der Waals surface area (Å²) in [5.74, 6) is 0. The molecule has 0 spiro atoms. The zero-order chi connectivity index (χ0) is 11.4. The third-order valence-corrected chi connectivity index (χ3v) is 2.42. The highest BCUT2D eigenvalue weighted by Crippen LogP contribution is 2.08. The first-order valence-electron chi connectivity index (χ1n) is 6.21. The number of aliphatic hydroxyl groups excluding tert-OH is 2. The molecule has 0 heterocycles. The molecule has 0 rings (SSSR count). The predicted octanol–water partition coefficient (Wildman–Crippen LogP) is 2.45. The zero-order valence-corrected chi connectivity index (χ0v) is 9.95. The minimum absolute atomic E-state index is 0.294. The van der Waals surface area contributed by atoms with Gasteiger partial charge in [0.15, 0.2) is 6.29 Å². The van der Waals surface area contributed by atoms with Gasteiger partial charge in [-0.25, -0.2) is 0 Å². The Kier molecular flexibility index (Phi) is 11.9. The maximum absolute atomic E-state index is 9.42. The van der Waals surface area contributed by atoms with E-state index in [1.807, 2.05) is 0 Å². The summed E-state index contributed by atoms with van der Waals surface area (Å²) in [7, 11) is 0. The Morgan fingerprint density at radius 2 is 1.67 bits per heavy atom. The highest BCUT2D eigenvalue weighted by molar-refractivity contribution is 4.47. The van der Waals surface area contributed by atoms with Crippen molar-refractivity contribution in [1.82, 2.24) is 0 Å². The molecule has 0 saturated carbocycles. The second-order valence-electron chi connectivity index (χ2n) is 3.96. The van der Waals surface area contributed by atoms with E-state index in [-0.39, 0.29) is 0 Å². The van der Waals surface area contributed by atoms with E-state index >= 15 is 0 Å². The second kappa shape index (κ2) is 12.0. The summed E-state index contributed by atoms with van der Waals surface area (Å²) in [6, 6.07) is 0. The summed E-state index contributed by atoms with van der Waals surface area (Å²) >= 11 is 0. The molecule has 0 aromatic heterocycles. The minimum Gasteiger partial charge on any atom is -0.396 e. The van der Waals surface area contributed by atoms with Crippen molar-refractivity contribution in [3.05, 3.63) is 0 Å². The lowest BCUT2D eigenvalue weighted by molar-refractivity contribution is -0.104. The van der Waals surface area contributed by atoms with Gasteiger partial charge < -0.3 is 14.9 Å². The summed E-state index contributed by atoms with van der Waals surface area (Å²) in [5, 5.41) is 18.0. The number of unbranched alkanes of at least 4 members (excludes halogenated alkanes) is 5. The molecule has 2 N–H and O–H groups in total. The van der Waals surface area contributed by atoms with E-state index in [1.54, 1.807) is 0 Å². The van der Waals surface area contributed by atoms with Gasteiger partial charge in [0.1, 0.15) is 0 Å². The molecule has 0 aromatic rings. The lowest BCUT2D eigenvalue weighted by Crippen LogP contribution is -2.12. The maximum atomic E-state index is 9.42. The van der Waals surface area contributed by atoms with Crippen LogP contribution in [0.25, 0.3) is 0 Å². The summed E-state index contributed by atoms with van der Waals surface area (Å²) in [4.78, 5) is 0. The molecular weight excluding hydrogens is 192 g/mol. The molecule has 1 atom stereocenters. The van der Waals surface area contributed by atoms with Gasteiger partial charge in [0, 0.05) is 13.2 Å². The van der Waals surface area contributed by atoms with Crippen LogP contribution in [0.15, 0.2) is 0 Å². The van der Waals surface area contributed by atoms with Gasteiger partial charge in [0.05, 0.1) is 0 Å². The summed E-state index contributed by atoms with van der Waals surface area (Å²) in [6.07, 6.45) is 7.55. The SMILES string of the molecule is CCCCOC(O)CCCCCCCO. The molecule has 0 fully saturated rings. The molecule has 3 nitrogen and oxygen atoms in total. The fourth-order valence-corrected chi connectivity index (χ4v) is 1.41. The van der Waals surface area contributed by atoms with Crippen LogP contribution in [0.2, 0.25) is 0 Å². The molecular formula is C12H26O3. The molecule has 0 radical (unpaired) electrons. The number of aliphatic hydroxyl groups is 2. The van der Waals surface area contributed by atoms with Gasteiger partial charge in [-0.05, 0) is 25.7 Å². The molecule has 0 saturated heterocycles. The average Bonchev–Trinajstić information content (AvgIpc) is 2.23. The largest absolute Gasteiger partial charge is 0.396 e. The number of ether oxygens (including phenoxy) is 1. The smallest absolute Gasteiger partial charge is 0.154 e. The Bertz CT molecular complexity index is 117. The van der Waals surface area contributed by atoms with Crippen LogP contribution in [0, 0.1) is 0 Å². The van der Waals surface area contributed by atoms with Crippen molar-refractivity contribution in [3.8, 4) is 0 Å². The Morgan fingerprint density at radius 1 is 1.00 bits per heavy atom. The van der Waals surface area contributed by atoms with Crippen molar-refractivity contribution >= 4 is 0 Å². The van der Waals surface area contributed by atoms with Crippen molar-refractivity contribution < 1.29 is 14.9 Å². The third kappa shape index (κ3) is 11.8. The molecule has 0 aliphatic rings. The molecule has 3 heteroatoms. The van der Waals surface area contributed by atoms with Crippen LogP contribution in [0.4, 0.5) is 0 Å². The Labute approximate surface area is 93.5 Å². The predicted molar refractivity (Wildman–Crippen MR) is 61.7 cm³/mol. The number of rotatable bonds is 11. The van der Waals surface area contributed by atoms with Crippen LogP contribution >= 0.6 is 0 Å². The van der Waals surface area contributed by atoms with Crippen LogP contribution in [0.1, 0.15) is 58.3 Å². The van der Waals surface area contributed by atoms with Crippen LogP contribution < -0.4 is 0 Å². The Hall–Kier alpha value is -0.120. The summed E-state index contributed by atoms with van der Waals surface area (Å²) < 4.78 is 5.23. The molecule has 0 amide bonds. The van der Waals surface area contributed by atoms with Gasteiger partial charge in [-0.2, -0.15) is 0 Å². The number of hydrogen-bond acceptors (Lipinski definition) is 3. The first kappa shape index (κ1) is 14.9. The summed E-state index contributed by atoms with van der Waals surface area (Å²) in [6.45, 7) is 3.07. The molecule has 1 unspecified atom stereocenters. The Morgan fingerprint density at radius 3 is 2.33 bits per heavy atom. The van der Waals surface area contributed by atoms with Crippen LogP contribution in [-0.2, 0) is 4.74 Å². The van der Waals surface area contributed by atoms with Crippen molar-refractivity contribution in [2.24, 2.45) is 0 Å². The average molecular weight is 218 g/mol. The van der Waals surface area contributed by atoms with Crippen LogP contribution in [0.3, 0.4) is 0 Å². The van der Waals surface area contributed by atoms with E-state index in [0.717, 1.165) is 51.4 Å². The quantitative estimate of drug-likeness (QED) is 0.414. The molecule has 0 bridgehead atoms. The highest BCUT2D eigenvalue weighted by atomic mass is 16.6. The molecule has 0 aliphatic heterocycles. The van der Waals surface area contributed by atoms with Crippen molar-refractivity contribution in [1.29, 1.82) is 0 Å². The molecule has 0 aromatic carbocycles. The zero-order valence-electron chi connectivity index (χ0n) is 9.95. The van der Waals surface area contributed by atoms with Gasteiger partial charge in [-0.15, -0.1) is 0 Å². The maximum Gasteiger partial charge on any atom is 0.154 e. The first-order valence-corrected chi connectivity index (χ1v) is 6.21. The third-order valence-electron chi connectivity index (χ3n) is 2.42. The monoisotopic (exact) mass is 218 g/mol. The highest BCUT2D eigenvalue weighted by Gasteiger charge is 2.02. The van der Waals surface area contributed by atoms with Crippen LogP contribution in [0.5, 0.6) is 0 Å². The fourth-order valence-electron chi connectivity index (χ4n) is 1.41. The normalized spacial score (nSPS) is 13.0. The van der Waals surface area contributed by atoms with Crippen molar-refractivity contribution in [3.63, 3.8) is 0 Å². The van der Waals surface area contributed by atoms with Gasteiger partial charge >= 0.3 is 0 Å². The van der Waals surface area contributed by atoms with Gasteiger partial charge in [0.2, 0.25) is 0 Å². The Balaban J connectivity index is 3.06.